The van der Waals surface area contributed by atoms with Gasteiger partial charge in [-0.3, -0.25) is 14.3 Å². The van der Waals surface area contributed by atoms with Crippen LogP contribution in [0.1, 0.15) is 31.2 Å². The third-order valence-electron chi connectivity index (χ3n) is 7.10. The number of benzene rings is 1. The molecule has 202 valence electrons. The van der Waals surface area contributed by atoms with Gasteiger partial charge in [-0.2, -0.15) is 0 Å². The largest absolute Gasteiger partial charge is 0.497 e. The molecule has 3 aliphatic rings. The number of methoxy groups -OCH3 is 1. The lowest BCUT2D eigenvalue weighted by Gasteiger charge is -2.21. The van der Waals surface area contributed by atoms with Gasteiger partial charge in [-0.15, -0.1) is 17.9 Å². The Bertz CT molecular complexity index is 1360. The Hall–Kier alpha value is -3.22. The van der Waals surface area contributed by atoms with Gasteiger partial charge >= 0.3 is 0 Å². The lowest BCUT2D eigenvalue weighted by atomic mass is 10.1. The molecule has 3 fully saturated rings. The number of nitrogens with one attached hydrogen (secondary N) is 3. The summed E-state index contributed by atoms with van der Waals surface area (Å²) in [5.74, 6) is -0.736. The van der Waals surface area contributed by atoms with Crippen molar-refractivity contribution in [2.75, 3.05) is 13.7 Å². The minimum Gasteiger partial charge on any atom is -0.497 e. The van der Waals surface area contributed by atoms with Crippen LogP contribution < -0.4 is 20.1 Å². The fourth-order valence-electron chi connectivity index (χ4n) is 4.61. The molecule has 2 saturated carbocycles. The van der Waals surface area contributed by atoms with Crippen molar-refractivity contribution in [1.29, 1.82) is 0 Å². The van der Waals surface area contributed by atoms with E-state index in [2.05, 4.69) is 27.1 Å². The van der Waals surface area contributed by atoms with Crippen molar-refractivity contribution in [3.05, 3.63) is 53.9 Å². The molecule has 38 heavy (non-hydrogen) atoms. The first-order chi connectivity index (χ1) is 18.3. The van der Waals surface area contributed by atoms with Crippen LogP contribution in [0.2, 0.25) is 0 Å². The molecule has 1 aliphatic heterocycles. The molecule has 2 heterocycles. The zero-order valence-corrected chi connectivity index (χ0v) is 22.5. The van der Waals surface area contributed by atoms with Crippen LogP contribution in [0.4, 0.5) is 0 Å². The first-order valence-electron chi connectivity index (χ1n) is 12.4. The van der Waals surface area contributed by atoms with E-state index in [4.69, 9.17) is 9.57 Å². The molecule has 4 atom stereocenters. The summed E-state index contributed by atoms with van der Waals surface area (Å²) >= 11 is 1.62. The maximum atomic E-state index is 13.0. The second kappa shape index (κ2) is 10.5. The normalized spacial score (nSPS) is 26.6. The van der Waals surface area contributed by atoms with E-state index >= 15 is 0 Å². The summed E-state index contributed by atoms with van der Waals surface area (Å²) in [5, 5.41) is 11.5. The van der Waals surface area contributed by atoms with Crippen LogP contribution in [0.3, 0.4) is 0 Å². The molecule has 2 aromatic rings. The molecule has 12 heteroatoms. The summed E-state index contributed by atoms with van der Waals surface area (Å²) < 4.78 is 32.0. The standard InChI is InChI=1S/C26H30N4O6S2/c1-3-17-13-26(17,25(32)30-38(33,34)20-7-8-20)29-24(31)22-12-19(15-27-22)36-28-14-16-11-18(35-2)6-9-21(16)23-5-4-10-37-23/h3-6,9-11,14,17,19-20,22,27H,1,7-8,12-13,15H2,2H3,(H,29,31)(H,30,32)/b28-14+/t17-,19?,22?,26+/m1/s1. The van der Waals surface area contributed by atoms with E-state index < -0.39 is 38.7 Å². The Balaban J connectivity index is 1.19. The van der Waals surface area contributed by atoms with Gasteiger partial charge in [0.05, 0.1) is 24.6 Å². The Kier molecular flexibility index (Phi) is 7.30. The molecule has 2 unspecified atom stereocenters. The zero-order chi connectivity index (χ0) is 26.9. The number of hydrogen-bond donors (Lipinski definition) is 3. The van der Waals surface area contributed by atoms with Gasteiger partial charge in [0.25, 0.3) is 5.91 Å². The van der Waals surface area contributed by atoms with Gasteiger partial charge in [-0.25, -0.2) is 8.42 Å². The van der Waals surface area contributed by atoms with E-state index in [1.165, 1.54) is 0 Å². The Morgan fingerprint density at radius 2 is 2.11 bits per heavy atom. The number of oxime groups is 1. The molecule has 1 aromatic carbocycles. The summed E-state index contributed by atoms with van der Waals surface area (Å²) in [4.78, 5) is 32.7. The van der Waals surface area contributed by atoms with Gasteiger partial charge in [0, 0.05) is 34.9 Å². The highest BCUT2D eigenvalue weighted by Crippen LogP contribution is 2.45. The lowest BCUT2D eigenvalue weighted by Crippen LogP contribution is -2.55. The van der Waals surface area contributed by atoms with E-state index in [1.54, 1.807) is 30.7 Å². The summed E-state index contributed by atoms with van der Waals surface area (Å²) in [6, 6.07) is 9.15. The molecule has 0 spiro atoms. The molecule has 1 aromatic heterocycles. The quantitative estimate of drug-likeness (QED) is 0.219. The number of rotatable bonds is 11. The highest BCUT2D eigenvalue weighted by Gasteiger charge is 2.61. The van der Waals surface area contributed by atoms with Crippen LogP contribution in [0.25, 0.3) is 10.4 Å². The van der Waals surface area contributed by atoms with E-state index in [0.29, 0.717) is 38.0 Å². The van der Waals surface area contributed by atoms with Crippen molar-refractivity contribution in [3.63, 3.8) is 0 Å². The number of sulfonamides is 1. The van der Waals surface area contributed by atoms with Crippen molar-refractivity contribution in [2.24, 2.45) is 11.1 Å². The summed E-state index contributed by atoms with van der Waals surface area (Å²) in [5.41, 5.74) is 0.540. The zero-order valence-electron chi connectivity index (χ0n) is 20.9. The average molecular weight is 559 g/mol. The van der Waals surface area contributed by atoms with Gasteiger partial charge < -0.3 is 20.2 Å². The van der Waals surface area contributed by atoms with E-state index in [9.17, 15) is 18.0 Å². The first kappa shape index (κ1) is 26.4. The summed E-state index contributed by atoms with van der Waals surface area (Å²) in [6.07, 6.45) is 4.56. The minimum absolute atomic E-state index is 0.304. The van der Waals surface area contributed by atoms with Crippen molar-refractivity contribution in [3.8, 4) is 16.2 Å². The third-order valence-corrected chi connectivity index (χ3v) is 9.83. The van der Waals surface area contributed by atoms with Crippen molar-refractivity contribution in [1.82, 2.24) is 15.4 Å². The van der Waals surface area contributed by atoms with E-state index in [1.807, 2.05) is 35.7 Å². The topological polar surface area (TPSA) is 135 Å². The molecule has 0 radical (unpaired) electrons. The number of hydrogen-bond acceptors (Lipinski definition) is 9. The maximum absolute atomic E-state index is 13.0. The van der Waals surface area contributed by atoms with Crippen molar-refractivity contribution >= 4 is 39.4 Å². The fourth-order valence-corrected chi connectivity index (χ4v) is 6.75. The van der Waals surface area contributed by atoms with E-state index in [-0.39, 0.29) is 12.0 Å². The number of thiophene rings is 1. The SMILES string of the molecule is C=C[C@@H]1C[C@@]1(NC(=O)C1CC(O/N=C/c2cc(OC)ccc2-c2cccs2)CN1)C(=O)NS(=O)(=O)C1CC1. The number of carbonyl (C=O) groups excluding carboxylic acids is 2. The van der Waals surface area contributed by atoms with Crippen molar-refractivity contribution in [2.45, 2.75) is 48.6 Å². The van der Waals surface area contributed by atoms with Crippen LogP contribution in [-0.2, 0) is 24.4 Å². The predicted octanol–water partition coefficient (Wildman–Crippen LogP) is 2.17. The van der Waals surface area contributed by atoms with Crippen LogP contribution in [-0.4, -0.2) is 63.0 Å². The van der Waals surface area contributed by atoms with Gasteiger partial charge in [0.15, 0.2) is 0 Å². The number of ether oxygens (including phenoxy) is 1. The average Bonchev–Trinajstić information content (AvgIpc) is 3.76. The summed E-state index contributed by atoms with van der Waals surface area (Å²) in [7, 11) is -2.12. The van der Waals surface area contributed by atoms with Gasteiger partial charge in [0.2, 0.25) is 15.9 Å². The van der Waals surface area contributed by atoms with E-state index in [0.717, 1.165) is 16.0 Å². The molecule has 5 rings (SSSR count). The molecule has 10 nitrogen and oxygen atoms in total. The van der Waals surface area contributed by atoms with Gasteiger partial charge in [0.1, 0.15) is 17.4 Å². The second-order valence-corrected chi connectivity index (χ2v) is 12.7. The molecule has 3 N–H and O–H groups in total. The molecule has 2 aliphatic carbocycles. The molecular formula is C26H30N4O6S2. The molecule has 0 bridgehead atoms. The van der Waals surface area contributed by atoms with Crippen LogP contribution >= 0.6 is 11.3 Å². The molecular weight excluding hydrogens is 528 g/mol. The van der Waals surface area contributed by atoms with Crippen molar-refractivity contribution < 1.29 is 27.6 Å². The Labute approximate surface area is 225 Å². The smallest absolute Gasteiger partial charge is 0.259 e. The monoisotopic (exact) mass is 558 g/mol. The Morgan fingerprint density at radius 3 is 2.76 bits per heavy atom. The number of carbonyl (C=O) groups is 2. The molecule has 2 amide bonds. The van der Waals surface area contributed by atoms with Crippen LogP contribution in [0.5, 0.6) is 5.75 Å². The summed E-state index contributed by atoms with van der Waals surface area (Å²) in [6.45, 7) is 4.11. The maximum Gasteiger partial charge on any atom is 0.259 e. The number of amides is 2. The third kappa shape index (κ3) is 5.47. The Morgan fingerprint density at radius 1 is 1.29 bits per heavy atom. The van der Waals surface area contributed by atoms with Gasteiger partial charge in [-0.1, -0.05) is 17.3 Å². The predicted molar refractivity (Wildman–Crippen MR) is 144 cm³/mol. The highest BCUT2D eigenvalue weighted by molar-refractivity contribution is 7.91. The number of nitrogens with zero attached hydrogens (tertiary/aromatic N) is 1. The molecule has 1 saturated heterocycles. The van der Waals surface area contributed by atoms with Crippen LogP contribution in [0, 0.1) is 5.92 Å². The highest BCUT2D eigenvalue weighted by atomic mass is 32.2. The fraction of sp³-hybridized carbons (Fsp3) is 0.423. The second-order valence-electron chi connectivity index (χ2n) is 9.77. The van der Waals surface area contributed by atoms with Crippen LogP contribution in [0.15, 0.2) is 53.5 Å². The first-order valence-corrected chi connectivity index (χ1v) is 14.8. The lowest BCUT2D eigenvalue weighted by molar-refractivity contribution is -0.130. The minimum atomic E-state index is -3.72. The van der Waals surface area contributed by atoms with Gasteiger partial charge in [-0.05, 0) is 48.9 Å².